The van der Waals surface area contributed by atoms with Gasteiger partial charge in [-0.3, -0.25) is 9.69 Å². The summed E-state index contributed by atoms with van der Waals surface area (Å²) in [6.45, 7) is 5.48. The molecule has 134 valence electrons. The van der Waals surface area contributed by atoms with E-state index in [0.29, 0.717) is 13.1 Å². The Labute approximate surface area is 151 Å². The molecule has 1 amide bonds. The first-order valence-electron chi connectivity index (χ1n) is 8.45. The lowest BCUT2D eigenvalue weighted by Gasteiger charge is -2.26. The molecule has 1 fully saturated rings. The third-order valence-electron chi connectivity index (χ3n) is 4.11. The van der Waals surface area contributed by atoms with E-state index >= 15 is 0 Å². The Morgan fingerprint density at radius 1 is 1.24 bits per heavy atom. The standard InChI is InChI=1S/C17H22ClN5O2/c18-16-15(20-21-23(16)13-14-5-2-1-3-6-14)17(24)19-7-4-8-22-9-11-25-12-10-22/h1-3,5-6H,4,7-13H2,(H,19,24). The fourth-order valence-corrected chi connectivity index (χ4v) is 2.93. The van der Waals surface area contributed by atoms with E-state index in [9.17, 15) is 4.79 Å². The summed E-state index contributed by atoms with van der Waals surface area (Å²) in [7, 11) is 0. The SMILES string of the molecule is O=C(NCCCN1CCOCC1)c1nnn(Cc2ccccc2)c1Cl. The molecule has 0 saturated carbocycles. The Kier molecular flexibility index (Phi) is 6.38. The van der Waals surface area contributed by atoms with E-state index < -0.39 is 0 Å². The van der Waals surface area contributed by atoms with Crippen LogP contribution in [0.4, 0.5) is 0 Å². The Morgan fingerprint density at radius 2 is 2.00 bits per heavy atom. The first-order valence-corrected chi connectivity index (χ1v) is 8.83. The number of nitrogens with one attached hydrogen (secondary N) is 1. The van der Waals surface area contributed by atoms with Crippen molar-refractivity contribution in [2.24, 2.45) is 0 Å². The summed E-state index contributed by atoms with van der Waals surface area (Å²) in [5.41, 5.74) is 1.22. The summed E-state index contributed by atoms with van der Waals surface area (Å²) in [5, 5.41) is 11.0. The second kappa shape index (κ2) is 8.94. The molecule has 1 N–H and O–H groups in total. The second-order valence-corrected chi connectivity index (χ2v) is 6.29. The molecule has 0 atom stereocenters. The van der Waals surface area contributed by atoms with E-state index in [1.165, 1.54) is 4.68 Å². The number of halogens is 1. The van der Waals surface area contributed by atoms with Gasteiger partial charge in [0.15, 0.2) is 10.8 Å². The number of hydrogen-bond acceptors (Lipinski definition) is 5. The van der Waals surface area contributed by atoms with E-state index in [1.807, 2.05) is 30.3 Å². The van der Waals surface area contributed by atoms with Gasteiger partial charge in [0.1, 0.15) is 0 Å². The van der Waals surface area contributed by atoms with E-state index in [2.05, 4.69) is 20.5 Å². The van der Waals surface area contributed by atoms with Crippen LogP contribution in [-0.2, 0) is 11.3 Å². The third kappa shape index (κ3) is 5.01. The van der Waals surface area contributed by atoms with Crippen molar-refractivity contribution in [3.63, 3.8) is 0 Å². The van der Waals surface area contributed by atoms with Crippen LogP contribution in [-0.4, -0.2) is 65.2 Å². The predicted octanol–water partition coefficient (Wildman–Crippen LogP) is 1.43. The van der Waals surface area contributed by atoms with Crippen molar-refractivity contribution >= 4 is 17.5 Å². The van der Waals surface area contributed by atoms with E-state index in [1.54, 1.807) is 0 Å². The van der Waals surface area contributed by atoms with Crippen molar-refractivity contribution in [3.8, 4) is 0 Å². The van der Waals surface area contributed by atoms with Crippen LogP contribution < -0.4 is 5.32 Å². The van der Waals surface area contributed by atoms with E-state index in [4.69, 9.17) is 16.3 Å². The van der Waals surface area contributed by atoms with Crippen molar-refractivity contribution in [1.29, 1.82) is 0 Å². The minimum atomic E-state index is -0.286. The number of ether oxygens (including phenoxy) is 1. The lowest BCUT2D eigenvalue weighted by Crippen LogP contribution is -2.38. The summed E-state index contributed by atoms with van der Waals surface area (Å²) >= 11 is 6.26. The Morgan fingerprint density at radius 3 is 2.76 bits per heavy atom. The zero-order valence-electron chi connectivity index (χ0n) is 14.0. The van der Waals surface area contributed by atoms with E-state index in [-0.39, 0.29) is 16.8 Å². The lowest BCUT2D eigenvalue weighted by molar-refractivity contribution is 0.0374. The highest BCUT2D eigenvalue weighted by atomic mass is 35.5. The molecule has 1 aliphatic heterocycles. The smallest absolute Gasteiger partial charge is 0.275 e. The summed E-state index contributed by atoms with van der Waals surface area (Å²) in [6, 6.07) is 9.79. The molecule has 3 rings (SSSR count). The number of benzene rings is 1. The molecule has 2 aromatic rings. The lowest BCUT2D eigenvalue weighted by atomic mass is 10.2. The van der Waals surface area contributed by atoms with Crippen LogP contribution in [0.25, 0.3) is 0 Å². The van der Waals surface area contributed by atoms with Crippen molar-refractivity contribution in [1.82, 2.24) is 25.2 Å². The van der Waals surface area contributed by atoms with Gasteiger partial charge in [0.05, 0.1) is 19.8 Å². The molecule has 1 aromatic heterocycles. The van der Waals surface area contributed by atoms with Crippen molar-refractivity contribution in [2.75, 3.05) is 39.4 Å². The molecule has 8 heteroatoms. The number of carbonyl (C=O) groups is 1. The molecule has 0 radical (unpaired) electrons. The van der Waals surface area contributed by atoms with Gasteiger partial charge in [0.25, 0.3) is 5.91 Å². The normalized spacial score (nSPS) is 15.2. The van der Waals surface area contributed by atoms with Crippen molar-refractivity contribution in [2.45, 2.75) is 13.0 Å². The Bertz CT molecular complexity index is 686. The summed E-state index contributed by atoms with van der Waals surface area (Å²) in [5.74, 6) is -0.286. The van der Waals surface area contributed by atoms with Crippen molar-refractivity contribution in [3.05, 3.63) is 46.7 Å². The molecule has 0 spiro atoms. The average molecular weight is 364 g/mol. The van der Waals surface area contributed by atoms with Gasteiger partial charge < -0.3 is 10.1 Å². The summed E-state index contributed by atoms with van der Waals surface area (Å²) < 4.78 is 6.84. The van der Waals surface area contributed by atoms with Crippen molar-refractivity contribution < 1.29 is 9.53 Å². The molecule has 0 aliphatic carbocycles. The van der Waals surface area contributed by atoms with Gasteiger partial charge in [-0.2, -0.15) is 0 Å². The highest BCUT2D eigenvalue weighted by Gasteiger charge is 2.18. The maximum Gasteiger partial charge on any atom is 0.275 e. The molecule has 7 nitrogen and oxygen atoms in total. The number of amides is 1. The van der Waals surface area contributed by atoms with E-state index in [0.717, 1.165) is 44.8 Å². The summed E-state index contributed by atoms with van der Waals surface area (Å²) in [6.07, 6.45) is 0.876. The number of carbonyl (C=O) groups excluding carboxylic acids is 1. The molecule has 1 aromatic carbocycles. The number of morpholine rings is 1. The van der Waals surface area contributed by atoms with Gasteiger partial charge in [0.2, 0.25) is 0 Å². The third-order valence-corrected chi connectivity index (χ3v) is 4.48. The topological polar surface area (TPSA) is 72.3 Å². The highest BCUT2D eigenvalue weighted by Crippen LogP contribution is 2.14. The first-order chi connectivity index (χ1) is 12.2. The first kappa shape index (κ1) is 17.8. The molecule has 2 heterocycles. The molecule has 0 unspecified atom stereocenters. The Hall–Kier alpha value is -1.96. The quantitative estimate of drug-likeness (QED) is 0.753. The van der Waals surface area contributed by atoms with Crippen LogP contribution in [0.15, 0.2) is 30.3 Å². The van der Waals surface area contributed by atoms with Crippen LogP contribution in [0.5, 0.6) is 0 Å². The molecule has 25 heavy (non-hydrogen) atoms. The largest absolute Gasteiger partial charge is 0.379 e. The minimum Gasteiger partial charge on any atom is -0.379 e. The monoisotopic (exact) mass is 363 g/mol. The fraction of sp³-hybridized carbons (Fsp3) is 0.471. The van der Waals surface area contributed by atoms with Crippen LogP contribution >= 0.6 is 11.6 Å². The zero-order valence-corrected chi connectivity index (χ0v) is 14.8. The van der Waals surface area contributed by atoms with Gasteiger partial charge in [-0.1, -0.05) is 47.1 Å². The predicted molar refractivity (Wildman–Crippen MR) is 94.8 cm³/mol. The number of hydrogen-bond donors (Lipinski definition) is 1. The molecular formula is C17H22ClN5O2. The van der Waals surface area contributed by atoms with Gasteiger partial charge in [-0.25, -0.2) is 4.68 Å². The molecule has 1 saturated heterocycles. The molecule has 0 bridgehead atoms. The number of rotatable bonds is 7. The maximum absolute atomic E-state index is 12.2. The average Bonchev–Trinajstić information content (AvgIpc) is 3.01. The molecular weight excluding hydrogens is 342 g/mol. The van der Waals surface area contributed by atoms with Crippen LogP contribution in [0, 0.1) is 0 Å². The highest BCUT2D eigenvalue weighted by molar-refractivity contribution is 6.32. The van der Waals surface area contributed by atoms with Gasteiger partial charge in [-0.15, -0.1) is 5.10 Å². The van der Waals surface area contributed by atoms with Gasteiger partial charge >= 0.3 is 0 Å². The Balaban J connectivity index is 1.47. The molecule has 1 aliphatic rings. The van der Waals surface area contributed by atoms with Crippen LogP contribution in [0.3, 0.4) is 0 Å². The van der Waals surface area contributed by atoms with Crippen LogP contribution in [0.2, 0.25) is 5.15 Å². The fourth-order valence-electron chi connectivity index (χ4n) is 2.71. The second-order valence-electron chi connectivity index (χ2n) is 5.94. The summed E-state index contributed by atoms with van der Waals surface area (Å²) in [4.78, 5) is 14.6. The number of aromatic nitrogens is 3. The van der Waals surface area contributed by atoms with Crippen LogP contribution in [0.1, 0.15) is 22.5 Å². The zero-order chi connectivity index (χ0) is 17.5. The maximum atomic E-state index is 12.2. The minimum absolute atomic E-state index is 0.170. The van der Waals surface area contributed by atoms with Gasteiger partial charge in [-0.05, 0) is 18.5 Å². The van der Waals surface area contributed by atoms with Gasteiger partial charge in [0, 0.05) is 19.6 Å². The number of nitrogens with zero attached hydrogens (tertiary/aromatic N) is 4.